The van der Waals surface area contributed by atoms with Crippen molar-refractivity contribution in [2.75, 3.05) is 6.54 Å². The number of carbonyl (C=O) groups excluding carboxylic acids is 1. The van der Waals surface area contributed by atoms with Crippen LogP contribution in [0.15, 0.2) is 54.6 Å². The smallest absolute Gasteiger partial charge is 0.269 e. The fraction of sp³-hybridized carbons (Fsp3) is 0.278. The summed E-state index contributed by atoms with van der Waals surface area (Å²) in [5, 5.41) is 13.9. The number of rotatable bonds is 8. The zero-order valence-corrected chi connectivity index (χ0v) is 13.1. The van der Waals surface area contributed by atoms with E-state index in [1.54, 1.807) is 0 Å². The zero-order chi connectivity index (χ0) is 16.7. The minimum absolute atomic E-state index is 0.00356. The Balaban J connectivity index is 1.77. The van der Waals surface area contributed by atoms with Crippen LogP contribution >= 0.6 is 0 Å². The van der Waals surface area contributed by atoms with Gasteiger partial charge in [0.2, 0.25) is 0 Å². The van der Waals surface area contributed by atoms with Gasteiger partial charge in [-0.15, -0.1) is 0 Å². The number of non-ortho nitro benzene ring substituents is 1. The lowest BCUT2D eigenvalue weighted by molar-refractivity contribution is -0.384. The average molecular weight is 312 g/mol. The van der Waals surface area contributed by atoms with E-state index in [4.69, 9.17) is 0 Å². The molecule has 120 valence electrons. The summed E-state index contributed by atoms with van der Waals surface area (Å²) in [5.41, 5.74) is 1.76. The lowest BCUT2D eigenvalue weighted by Crippen LogP contribution is -2.30. The number of hydrogen-bond donors (Lipinski definition) is 1. The monoisotopic (exact) mass is 312 g/mol. The number of Topliss-reactive ketones (excluding diaryl/α,β-unsaturated/α-hetero) is 1. The van der Waals surface area contributed by atoms with Gasteiger partial charge in [0.25, 0.3) is 5.69 Å². The molecule has 0 fully saturated rings. The second-order valence-electron chi connectivity index (χ2n) is 5.52. The van der Waals surface area contributed by atoms with Gasteiger partial charge in [-0.1, -0.05) is 30.3 Å². The van der Waals surface area contributed by atoms with Crippen molar-refractivity contribution in [2.45, 2.75) is 25.8 Å². The molecule has 0 saturated carbocycles. The molecule has 0 aromatic heterocycles. The third kappa shape index (κ3) is 5.30. The largest absolute Gasteiger partial charge is 0.313 e. The van der Waals surface area contributed by atoms with Crippen LogP contribution < -0.4 is 5.32 Å². The summed E-state index contributed by atoms with van der Waals surface area (Å²) in [6.45, 7) is 2.67. The molecule has 0 radical (unpaired) electrons. The maximum atomic E-state index is 12.1. The summed E-state index contributed by atoms with van der Waals surface area (Å²) < 4.78 is 0. The van der Waals surface area contributed by atoms with Crippen molar-refractivity contribution in [3.63, 3.8) is 0 Å². The molecule has 0 amide bonds. The highest BCUT2D eigenvalue weighted by Crippen LogP contribution is 2.13. The minimum atomic E-state index is -0.471. The standard InChI is InChI=1S/C18H20N2O3/c1-14(13-15-5-3-2-4-6-15)19-12-11-18(21)16-7-9-17(10-8-16)20(22)23/h2-10,14,19H,11-13H2,1H3. The second kappa shape index (κ2) is 8.19. The summed E-state index contributed by atoms with van der Waals surface area (Å²) in [6, 6.07) is 16.2. The Kier molecular flexibility index (Phi) is 6.00. The van der Waals surface area contributed by atoms with Gasteiger partial charge in [-0.3, -0.25) is 14.9 Å². The Labute approximate surface area is 135 Å². The molecule has 0 bridgehead atoms. The predicted molar refractivity (Wildman–Crippen MR) is 89.7 cm³/mol. The number of hydrogen-bond acceptors (Lipinski definition) is 4. The summed E-state index contributed by atoms with van der Waals surface area (Å²) in [7, 11) is 0. The fourth-order valence-electron chi connectivity index (χ4n) is 2.39. The molecule has 2 aromatic carbocycles. The topological polar surface area (TPSA) is 72.2 Å². The number of ketones is 1. The summed E-state index contributed by atoms with van der Waals surface area (Å²) in [4.78, 5) is 22.2. The number of nitro groups is 1. The fourth-order valence-corrected chi connectivity index (χ4v) is 2.39. The van der Waals surface area contributed by atoms with Crippen molar-refractivity contribution in [1.82, 2.24) is 5.32 Å². The molecule has 0 spiro atoms. The van der Waals surface area contributed by atoms with Gasteiger partial charge in [-0.2, -0.15) is 0 Å². The molecule has 5 heteroatoms. The molecule has 5 nitrogen and oxygen atoms in total. The normalized spacial score (nSPS) is 11.9. The van der Waals surface area contributed by atoms with Crippen LogP contribution in [0.1, 0.15) is 29.3 Å². The van der Waals surface area contributed by atoms with Crippen LogP contribution in [0.5, 0.6) is 0 Å². The Morgan fingerprint density at radius 1 is 1.13 bits per heavy atom. The Morgan fingerprint density at radius 3 is 2.39 bits per heavy atom. The highest BCUT2D eigenvalue weighted by molar-refractivity contribution is 5.96. The van der Waals surface area contributed by atoms with Crippen LogP contribution in [-0.4, -0.2) is 23.3 Å². The van der Waals surface area contributed by atoms with Crippen LogP contribution in [0.25, 0.3) is 0 Å². The van der Waals surface area contributed by atoms with E-state index >= 15 is 0 Å². The molecule has 0 aliphatic carbocycles. The van der Waals surface area contributed by atoms with Gasteiger partial charge in [0, 0.05) is 36.7 Å². The first-order valence-corrected chi connectivity index (χ1v) is 7.61. The van der Waals surface area contributed by atoms with Crippen molar-refractivity contribution >= 4 is 11.5 Å². The van der Waals surface area contributed by atoms with Crippen molar-refractivity contribution in [1.29, 1.82) is 0 Å². The lowest BCUT2D eigenvalue weighted by atomic mass is 10.1. The maximum Gasteiger partial charge on any atom is 0.269 e. The van der Waals surface area contributed by atoms with E-state index in [0.29, 0.717) is 18.5 Å². The highest BCUT2D eigenvalue weighted by atomic mass is 16.6. The van der Waals surface area contributed by atoms with Crippen molar-refractivity contribution < 1.29 is 9.72 Å². The predicted octanol–water partition coefficient (Wildman–Crippen LogP) is 3.39. The molecule has 0 heterocycles. The Bertz CT molecular complexity index is 654. The third-order valence-electron chi connectivity index (χ3n) is 3.63. The van der Waals surface area contributed by atoms with E-state index in [-0.39, 0.29) is 17.5 Å². The number of nitro benzene ring substituents is 1. The SMILES string of the molecule is CC(Cc1ccccc1)NCCC(=O)c1ccc([N+](=O)[O-])cc1. The molecular formula is C18H20N2O3. The van der Waals surface area contributed by atoms with Crippen LogP contribution in [0, 0.1) is 10.1 Å². The van der Waals surface area contributed by atoms with Gasteiger partial charge in [0.05, 0.1) is 4.92 Å². The number of benzene rings is 2. The van der Waals surface area contributed by atoms with E-state index in [2.05, 4.69) is 24.4 Å². The molecule has 2 aromatic rings. The second-order valence-corrected chi connectivity index (χ2v) is 5.52. The van der Waals surface area contributed by atoms with Gasteiger partial charge in [-0.05, 0) is 31.0 Å². The van der Waals surface area contributed by atoms with Crippen LogP contribution in [-0.2, 0) is 6.42 Å². The van der Waals surface area contributed by atoms with Crippen LogP contribution in [0.4, 0.5) is 5.69 Å². The summed E-state index contributed by atoms with van der Waals surface area (Å²) >= 11 is 0. The third-order valence-corrected chi connectivity index (χ3v) is 3.63. The van der Waals surface area contributed by atoms with Gasteiger partial charge >= 0.3 is 0 Å². The van der Waals surface area contributed by atoms with Crippen molar-refractivity contribution in [3.05, 3.63) is 75.8 Å². The maximum absolute atomic E-state index is 12.1. The van der Waals surface area contributed by atoms with E-state index < -0.39 is 4.92 Å². The average Bonchev–Trinajstić information content (AvgIpc) is 2.55. The van der Waals surface area contributed by atoms with E-state index in [1.807, 2.05) is 18.2 Å². The number of nitrogens with zero attached hydrogens (tertiary/aromatic N) is 1. The molecule has 23 heavy (non-hydrogen) atoms. The quantitative estimate of drug-likeness (QED) is 0.461. The molecular weight excluding hydrogens is 292 g/mol. The molecule has 1 N–H and O–H groups in total. The number of carbonyl (C=O) groups is 1. The molecule has 1 atom stereocenters. The number of nitrogens with one attached hydrogen (secondary N) is 1. The highest BCUT2D eigenvalue weighted by Gasteiger charge is 2.10. The first-order chi connectivity index (χ1) is 11.1. The van der Waals surface area contributed by atoms with Gasteiger partial charge in [-0.25, -0.2) is 0 Å². The van der Waals surface area contributed by atoms with Crippen LogP contribution in [0.3, 0.4) is 0 Å². The van der Waals surface area contributed by atoms with E-state index in [0.717, 1.165) is 6.42 Å². The molecule has 2 rings (SSSR count). The van der Waals surface area contributed by atoms with Gasteiger partial charge in [0.1, 0.15) is 0 Å². The van der Waals surface area contributed by atoms with E-state index in [9.17, 15) is 14.9 Å². The van der Waals surface area contributed by atoms with Crippen molar-refractivity contribution in [2.24, 2.45) is 0 Å². The minimum Gasteiger partial charge on any atom is -0.313 e. The first-order valence-electron chi connectivity index (χ1n) is 7.61. The lowest BCUT2D eigenvalue weighted by Gasteiger charge is -2.13. The zero-order valence-electron chi connectivity index (χ0n) is 13.1. The van der Waals surface area contributed by atoms with E-state index in [1.165, 1.54) is 29.8 Å². The molecule has 0 aliphatic heterocycles. The summed E-state index contributed by atoms with van der Waals surface area (Å²) in [5.74, 6) is -0.0145. The van der Waals surface area contributed by atoms with Gasteiger partial charge in [0.15, 0.2) is 5.78 Å². The molecule has 0 aliphatic rings. The summed E-state index contributed by atoms with van der Waals surface area (Å²) in [6.07, 6.45) is 1.28. The molecule has 0 saturated heterocycles. The Morgan fingerprint density at radius 2 is 1.78 bits per heavy atom. The van der Waals surface area contributed by atoms with Gasteiger partial charge < -0.3 is 5.32 Å². The van der Waals surface area contributed by atoms with Crippen molar-refractivity contribution in [3.8, 4) is 0 Å². The van der Waals surface area contributed by atoms with Crippen LogP contribution in [0.2, 0.25) is 0 Å². The molecule has 1 unspecified atom stereocenters. The first kappa shape index (κ1) is 16.8. The Hall–Kier alpha value is -2.53.